The first-order valence-corrected chi connectivity index (χ1v) is 24.1. The van der Waals surface area contributed by atoms with Gasteiger partial charge in [0.1, 0.15) is 10.0 Å². The SMILES string of the molecule is CC(C)(C)c1ccc(-c2ccc(-c3nc4c(s3)N(c3cc(C(C)(C)C)cc(C(C)(C)C)c3)c3cccc5c3B4c3cc(C(C)(C)C)ccc3N5c3ccc(C(C)(C)C)cc3)cc2)cc1. The van der Waals surface area contributed by atoms with E-state index in [1.165, 1.54) is 83.3 Å². The predicted octanol–water partition coefficient (Wildman–Crippen LogP) is 15.0. The summed E-state index contributed by atoms with van der Waals surface area (Å²) in [5, 5.41) is 2.23. The maximum atomic E-state index is 5.79. The molecule has 5 heteroatoms. The van der Waals surface area contributed by atoms with Crippen molar-refractivity contribution in [2.24, 2.45) is 0 Å². The summed E-state index contributed by atoms with van der Waals surface area (Å²) in [6.07, 6.45) is 0. The van der Waals surface area contributed by atoms with Crippen molar-refractivity contribution in [3.8, 4) is 21.7 Å². The Balaban J connectivity index is 1.29. The molecule has 326 valence electrons. The van der Waals surface area contributed by atoms with Gasteiger partial charge in [-0.3, -0.25) is 0 Å². The molecule has 0 saturated carbocycles. The van der Waals surface area contributed by atoms with Crippen molar-refractivity contribution in [3.05, 3.63) is 155 Å². The summed E-state index contributed by atoms with van der Waals surface area (Å²) in [5.74, 6) is 0. The maximum absolute atomic E-state index is 5.79. The molecule has 9 rings (SSSR count). The van der Waals surface area contributed by atoms with Crippen molar-refractivity contribution in [1.82, 2.24) is 4.98 Å². The van der Waals surface area contributed by atoms with Gasteiger partial charge < -0.3 is 9.80 Å². The molecule has 3 nitrogen and oxygen atoms in total. The lowest BCUT2D eigenvalue weighted by Crippen LogP contribution is -2.61. The zero-order valence-electron chi connectivity index (χ0n) is 41.0. The van der Waals surface area contributed by atoms with Gasteiger partial charge >= 0.3 is 0 Å². The van der Waals surface area contributed by atoms with Crippen LogP contribution in [0.3, 0.4) is 0 Å². The number of fused-ring (bicyclic) bond motifs is 4. The molecule has 7 aromatic rings. The average Bonchev–Trinajstić information content (AvgIpc) is 3.67. The van der Waals surface area contributed by atoms with E-state index in [-0.39, 0.29) is 33.8 Å². The molecule has 2 aliphatic rings. The Bertz CT molecular complexity index is 2850. The molecule has 6 aromatic carbocycles. The van der Waals surface area contributed by atoms with E-state index < -0.39 is 0 Å². The van der Waals surface area contributed by atoms with Crippen LogP contribution >= 0.6 is 11.3 Å². The molecule has 0 spiro atoms. The van der Waals surface area contributed by atoms with Gasteiger partial charge in [0.2, 0.25) is 0 Å². The lowest BCUT2D eigenvalue weighted by atomic mass is 9.35. The third-order valence-electron chi connectivity index (χ3n) is 13.5. The van der Waals surface area contributed by atoms with Crippen molar-refractivity contribution in [2.45, 2.75) is 131 Å². The maximum Gasteiger partial charge on any atom is 0.276 e. The van der Waals surface area contributed by atoms with Gasteiger partial charge in [0.25, 0.3) is 6.71 Å². The molecule has 0 bridgehead atoms. The summed E-state index contributed by atoms with van der Waals surface area (Å²) in [4.78, 5) is 10.9. The van der Waals surface area contributed by atoms with E-state index in [4.69, 9.17) is 4.98 Å². The van der Waals surface area contributed by atoms with Gasteiger partial charge in [0.15, 0.2) is 0 Å². The molecule has 0 unspecified atom stereocenters. The zero-order chi connectivity index (χ0) is 45.9. The number of hydrogen-bond acceptors (Lipinski definition) is 4. The third-order valence-corrected chi connectivity index (χ3v) is 14.6. The first kappa shape index (κ1) is 43.8. The molecule has 64 heavy (non-hydrogen) atoms. The minimum atomic E-state index is -0.0571. The molecule has 0 aliphatic carbocycles. The van der Waals surface area contributed by atoms with Gasteiger partial charge in [-0.2, -0.15) is 0 Å². The van der Waals surface area contributed by atoms with Crippen LogP contribution in [-0.2, 0) is 27.1 Å². The Morgan fingerprint density at radius 3 is 1.38 bits per heavy atom. The number of nitrogens with zero attached hydrogens (tertiary/aromatic N) is 3. The number of anilines is 6. The molecule has 0 saturated heterocycles. The van der Waals surface area contributed by atoms with Crippen LogP contribution in [0, 0.1) is 0 Å². The van der Waals surface area contributed by atoms with Gasteiger partial charge in [-0.1, -0.05) is 200 Å². The van der Waals surface area contributed by atoms with Crippen LogP contribution in [0.15, 0.2) is 127 Å². The molecule has 1 aromatic heterocycles. The van der Waals surface area contributed by atoms with Crippen LogP contribution in [0.5, 0.6) is 0 Å². The lowest BCUT2D eigenvalue weighted by Gasteiger charge is -2.43. The second kappa shape index (κ2) is 15.1. The topological polar surface area (TPSA) is 19.4 Å². The number of aromatic nitrogens is 1. The quantitative estimate of drug-likeness (QED) is 0.164. The second-order valence-corrected chi connectivity index (χ2v) is 24.5. The molecule has 0 amide bonds. The zero-order valence-corrected chi connectivity index (χ0v) is 41.8. The van der Waals surface area contributed by atoms with Crippen LogP contribution in [0.2, 0.25) is 0 Å². The van der Waals surface area contributed by atoms with Crippen LogP contribution in [0.4, 0.5) is 33.4 Å². The van der Waals surface area contributed by atoms with E-state index in [0.717, 1.165) is 16.2 Å². The fourth-order valence-corrected chi connectivity index (χ4v) is 10.5. The van der Waals surface area contributed by atoms with Crippen molar-refractivity contribution in [2.75, 3.05) is 9.80 Å². The van der Waals surface area contributed by atoms with Crippen LogP contribution in [0.1, 0.15) is 132 Å². The fourth-order valence-electron chi connectivity index (χ4n) is 9.38. The Kier molecular flexibility index (Phi) is 10.3. The van der Waals surface area contributed by atoms with Crippen LogP contribution in [0.25, 0.3) is 21.7 Å². The summed E-state index contributed by atoms with van der Waals surface area (Å²) >= 11 is 1.82. The van der Waals surface area contributed by atoms with Crippen molar-refractivity contribution >= 4 is 68.0 Å². The average molecular weight is 860 g/mol. The molecular weight excluding hydrogens is 794 g/mol. The first-order chi connectivity index (χ1) is 29.9. The molecule has 0 atom stereocenters. The van der Waals surface area contributed by atoms with E-state index in [1.807, 2.05) is 11.3 Å². The second-order valence-electron chi connectivity index (χ2n) is 23.5. The Morgan fingerprint density at radius 1 is 0.406 bits per heavy atom. The van der Waals surface area contributed by atoms with Crippen molar-refractivity contribution in [3.63, 3.8) is 0 Å². The first-order valence-electron chi connectivity index (χ1n) is 23.2. The van der Waals surface area contributed by atoms with E-state index in [2.05, 4.69) is 241 Å². The van der Waals surface area contributed by atoms with Gasteiger partial charge in [-0.25, -0.2) is 4.98 Å². The number of benzene rings is 6. The highest BCUT2D eigenvalue weighted by Crippen LogP contribution is 2.48. The Morgan fingerprint density at radius 2 is 0.859 bits per heavy atom. The smallest absolute Gasteiger partial charge is 0.276 e. The molecule has 0 radical (unpaired) electrons. The van der Waals surface area contributed by atoms with Crippen LogP contribution < -0.4 is 26.3 Å². The third kappa shape index (κ3) is 7.82. The fraction of sp³-hybridized carbons (Fsp3) is 0.339. The van der Waals surface area contributed by atoms with Gasteiger partial charge in [-0.05, 0) is 119 Å². The Hall–Kier alpha value is -5.39. The highest BCUT2D eigenvalue weighted by Gasteiger charge is 2.46. The summed E-state index contributed by atoms with van der Waals surface area (Å²) < 4.78 is 0. The summed E-state index contributed by atoms with van der Waals surface area (Å²) in [7, 11) is 0. The van der Waals surface area contributed by atoms with E-state index in [9.17, 15) is 0 Å². The molecule has 0 fully saturated rings. The molecule has 3 heterocycles. The Labute approximate surface area is 388 Å². The molecular formula is C59H66BN3S. The number of rotatable bonds is 4. The summed E-state index contributed by atoms with van der Waals surface area (Å²) in [6.45, 7) is 34.6. The number of hydrogen-bond donors (Lipinski definition) is 0. The highest BCUT2D eigenvalue weighted by atomic mass is 32.1. The lowest BCUT2D eigenvalue weighted by molar-refractivity contribution is 0.569. The van der Waals surface area contributed by atoms with E-state index in [0.29, 0.717) is 0 Å². The van der Waals surface area contributed by atoms with Gasteiger partial charge in [-0.15, -0.1) is 0 Å². The highest BCUT2D eigenvalue weighted by molar-refractivity contribution is 7.22. The predicted molar refractivity (Wildman–Crippen MR) is 281 cm³/mol. The van der Waals surface area contributed by atoms with Gasteiger partial charge in [0, 0.05) is 34.0 Å². The van der Waals surface area contributed by atoms with Gasteiger partial charge in [0.05, 0.1) is 5.59 Å². The monoisotopic (exact) mass is 860 g/mol. The minimum absolute atomic E-state index is 0.0314. The summed E-state index contributed by atoms with van der Waals surface area (Å²) in [5.41, 5.74) is 20.0. The number of thiazole rings is 1. The van der Waals surface area contributed by atoms with Crippen molar-refractivity contribution < 1.29 is 0 Å². The summed E-state index contributed by atoms with van der Waals surface area (Å²) in [6, 6.07) is 48.9. The van der Waals surface area contributed by atoms with E-state index in [1.54, 1.807) is 0 Å². The minimum Gasteiger partial charge on any atom is -0.311 e. The largest absolute Gasteiger partial charge is 0.311 e. The molecule has 0 N–H and O–H groups in total. The normalized spacial score (nSPS) is 14.1. The molecule has 2 aliphatic heterocycles. The van der Waals surface area contributed by atoms with E-state index >= 15 is 0 Å². The standard InChI is InChI=1S/C59H66BN3S/c1-55(2,3)40-25-23-38(24-26-40)37-19-21-39(22-20-37)53-61-52-54(64-53)63(46-34-43(58(10,11)12)33-44(35-46)59(13,14)15)50-18-16-17-49-51(50)60(52)47-36-42(57(7,8)9)29-32-48(47)62(49)45-30-27-41(28-31-45)56(4,5)6/h16-36H,1-15H3. The van der Waals surface area contributed by atoms with Crippen LogP contribution in [-0.4, -0.2) is 11.7 Å². The van der Waals surface area contributed by atoms with Crippen molar-refractivity contribution in [1.29, 1.82) is 0 Å².